The van der Waals surface area contributed by atoms with Crippen LogP contribution in [0.1, 0.15) is 39.7 Å². The van der Waals surface area contributed by atoms with Gasteiger partial charge < -0.3 is 29.6 Å². The molecule has 0 saturated carbocycles. The van der Waals surface area contributed by atoms with Crippen molar-refractivity contribution >= 4 is 28.7 Å². The van der Waals surface area contributed by atoms with Crippen LogP contribution in [-0.4, -0.2) is 71.3 Å². The van der Waals surface area contributed by atoms with Crippen LogP contribution in [0.2, 0.25) is 0 Å². The van der Waals surface area contributed by atoms with Gasteiger partial charge in [0.05, 0.1) is 23.1 Å². The second kappa shape index (κ2) is 10.5. The van der Waals surface area contributed by atoms with Crippen molar-refractivity contribution < 1.29 is 19.1 Å². The van der Waals surface area contributed by atoms with Crippen molar-refractivity contribution in [1.82, 2.24) is 20.2 Å². The third kappa shape index (κ3) is 5.77. The molecule has 0 spiro atoms. The molecule has 1 aromatic heterocycles. The minimum atomic E-state index is -0.535. The highest BCUT2D eigenvalue weighted by Gasteiger charge is 2.29. The molecule has 2 saturated heterocycles. The maximum atomic E-state index is 12.4. The number of nitrogens with zero attached hydrogens (tertiary/aromatic N) is 4. The molecule has 2 aromatic carbocycles. The molecule has 0 aliphatic carbocycles. The van der Waals surface area contributed by atoms with Gasteiger partial charge in [-0.05, 0) is 63.1 Å². The van der Waals surface area contributed by atoms with Gasteiger partial charge in [0.2, 0.25) is 5.91 Å². The van der Waals surface area contributed by atoms with E-state index in [1.54, 1.807) is 11.2 Å². The summed E-state index contributed by atoms with van der Waals surface area (Å²) < 4.78 is 11.8. The number of benzene rings is 2. The Labute approximate surface area is 227 Å². The number of ether oxygens (including phenoxy) is 2. The largest absolute Gasteiger partial charge is 0.488 e. The number of imidazole rings is 1. The van der Waals surface area contributed by atoms with Crippen molar-refractivity contribution in [3.63, 3.8) is 0 Å². The molecule has 2 aliphatic heterocycles. The molecule has 5 rings (SSSR count). The summed E-state index contributed by atoms with van der Waals surface area (Å²) in [6.45, 7) is 10.4. The number of carbonyl (C=O) groups is 2. The van der Waals surface area contributed by atoms with Crippen molar-refractivity contribution in [2.24, 2.45) is 5.92 Å². The Bertz CT molecular complexity index is 1430. The van der Waals surface area contributed by atoms with E-state index in [1.165, 1.54) is 0 Å². The maximum Gasteiger partial charge on any atom is 0.410 e. The molecule has 10 heteroatoms. The fourth-order valence-electron chi connectivity index (χ4n) is 5.07. The lowest BCUT2D eigenvalue weighted by atomic mass is 10.00. The van der Waals surface area contributed by atoms with Gasteiger partial charge in [-0.3, -0.25) is 4.79 Å². The van der Waals surface area contributed by atoms with E-state index in [1.807, 2.05) is 58.0 Å². The van der Waals surface area contributed by atoms with Gasteiger partial charge in [-0.15, -0.1) is 0 Å². The lowest BCUT2D eigenvalue weighted by Crippen LogP contribution is -2.50. The highest BCUT2D eigenvalue weighted by atomic mass is 16.6. The highest BCUT2D eigenvalue weighted by Crippen LogP contribution is 2.35. The van der Waals surface area contributed by atoms with E-state index < -0.39 is 5.60 Å². The lowest BCUT2D eigenvalue weighted by molar-refractivity contribution is -0.119. The highest BCUT2D eigenvalue weighted by molar-refractivity contribution is 5.88. The molecule has 204 valence electrons. The van der Waals surface area contributed by atoms with Crippen LogP contribution in [-0.2, 0) is 9.53 Å². The first-order chi connectivity index (χ1) is 18.6. The Hall–Kier alpha value is -4.26. The Morgan fingerprint density at radius 3 is 2.59 bits per heavy atom. The second-order valence-corrected chi connectivity index (χ2v) is 11.2. The van der Waals surface area contributed by atoms with Crippen LogP contribution in [0.25, 0.3) is 22.2 Å². The Morgan fingerprint density at radius 2 is 1.92 bits per heavy atom. The van der Waals surface area contributed by atoms with E-state index >= 15 is 0 Å². The van der Waals surface area contributed by atoms with Gasteiger partial charge in [-0.2, -0.15) is 5.26 Å². The number of hydrogen-bond acceptors (Lipinski definition) is 7. The summed E-state index contributed by atoms with van der Waals surface area (Å²) in [7, 11) is 0. The molecule has 2 N–H and O–H groups in total. The van der Waals surface area contributed by atoms with Gasteiger partial charge in [-0.25, -0.2) is 9.78 Å². The first-order valence-corrected chi connectivity index (χ1v) is 13.3. The molecule has 3 heterocycles. The number of hydrogen-bond donors (Lipinski definition) is 2. The van der Waals surface area contributed by atoms with Crippen molar-refractivity contribution in [3.8, 4) is 22.9 Å². The number of carbonyl (C=O) groups excluding carboxylic acids is 2. The molecule has 3 aromatic rings. The van der Waals surface area contributed by atoms with Crippen LogP contribution >= 0.6 is 0 Å². The van der Waals surface area contributed by atoms with E-state index in [2.05, 4.69) is 26.3 Å². The standard InChI is InChI=1S/C29H34N6O4/c1-18(22-14-26(36)31-16-22)38-25-13-20(12-23-27(25)33-17-32-23)19-5-6-24(21(11-19)15-30)34-7-9-35(10-8-34)28(37)39-29(2,3)4/h5-6,11-13,17-18,22H,7-10,14,16H2,1-4H3,(H,31,36)(H,32,33)/t18-,22-/m1/s1. The number of rotatable bonds is 5. The normalized spacial score (nSPS) is 18.5. The molecule has 2 aliphatic rings. The van der Waals surface area contributed by atoms with E-state index in [0.717, 1.165) is 27.8 Å². The third-order valence-corrected chi connectivity index (χ3v) is 7.20. The number of H-pyrrole nitrogens is 1. The van der Waals surface area contributed by atoms with Crippen LogP contribution in [0.5, 0.6) is 5.75 Å². The third-order valence-electron chi connectivity index (χ3n) is 7.20. The second-order valence-electron chi connectivity index (χ2n) is 11.2. The van der Waals surface area contributed by atoms with E-state index in [9.17, 15) is 14.9 Å². The quantitative estimate of drug-likeness (QED) is 0.510. The number of piperazine rings is 1. The van der Waals surface area contributed by atoms with Crippen molar-refractivity contribution in [1.29, 1.82) is 5.26 Å². The molecule has 0 bridgehead atoms. The minimum Gasteiger partial charge on any atom is -0.488 e. The predicted octanol–water partition coefficient (Wildman–Crippen LogP) is 4.06. The minimum absolute atomic E-state index is 0.0458. The zero-order valence-electron chi connectivity index (χ0n) is 22.8. The summed E-state index contributed by atoms with van der Waals surface area (Å²) in [6, 6.07) is 12.1. The summed E-state index contributed by atoms with van der Waals surface area (Å²) in [5.41, 5.74) is 4.21. The summed E-state index contributed by atoms with van der Waals surface area (Å²) >= 11 is 0. The summed E-state index contributed by atoms with van der Waals surface area (Å²) in [6.07, 6.45) is 1.60. The summed E-state index contributed by atoms with van der Waals surface area (Å²) in [4.78, 5) is 35.6. The first-order valence-electron chi connectivity index (χ1n) is 13.3. The predicted molar refractivity (Wildman–Crippen MR) is 147 cm³/mol. The van der Waals surface area contributed by atoms with Gasteiger partial charge in [0, 0.05) is 45.1 Å². The SMILES string of the molecule is C[C@@H](Oc1cc(-c2ccc(N3CCN(C(=O)OC(C)(C)C)CC3)c(C#N)c2)cc2[nH]cnc12)[C@H]1CNC(=O)C1. The Morgan fingerprint density at radius 1 is 1.15 bits per heavy atom. The molecule has 0 unspecified atom stereocenters. The van der Waals surface area contributed by atoms with Crippen molar-refractivity contribution in [2.75, 3.05) is 37.6 Å². The van der Waals surface area contributed by atoms with Crippen LogP contribution in [0, 0.1) is 17.2 Å². The average Bonchev–Trinajstić information content (AvgIpc) is 3.56. The first kappa shape index (κ1) is 26.4. The molecule has 39 heavy (non-hydrogen) atoms. The number of anilines is 1. The van der Waals surface area contributed by atoms with Crippen LogP contribution in [0.4, 0.5) is 10.5 Å². The zero-order chi connectivity index (χ0) is 27.7. The Balaban J connectivity index is 1.35. The number of nitriles is 1. The van der Waals surface area contributed by atoms with E-state index in [-0.39, 0.29) is 24.0 Å². The van der Waals surface area contributed by atoms with Gasteiger partial charge in [-0.1, -0.05) is 6.07 Å². The molecule has 0 radical (unpaired) electrons. The van der Waals surface area contributed by atoms with Gasteiger partial charge in [0.15, 0.2) is 0 Å². The summed E-state index contributed by atoms with van der Waals surface area (Å²) in [5, 5.41) is 12.9. The van der Waals surface area contributed by atoms with E-state index in [0.29, 0.717) is 50.5 Å². The van der Waals surface area contributed by atoms with Crippen LogP contribution < -0.4 is 15.0 Å². The zero-order valence-corrected chi connectivity index (χ0v) is 22.8. The lowest BCUT2D eigenvalue weighted by Gasteiger charge is -2.37. The number of amides is 2. The number of fused-ring (bicyclic) bond motifs is 1. The number of nitrogens with one attached hydrogen (secondary N) is 2. The molecule has 2 atom stereocenters. The van der Waals surface area contributed by atoms with Crippen molar-refractivity contribution in [3.05, 3.63) is 42.2 Å². The smallest absolute Gasteiger partial charge is 0.410 e. The molecule has 2 amide bonds. The van der Waals surface area contributed by atoms with Crippen molar-refractivity contribution in [2.45, 2.75) is 45.8 Å². The van der Waals surface area contributed by atoms with Crippen LogP contribution in [0.3, 0.4) is 0 Å². The summed E-state index contributed by atoms with van der Waals surface area (Å²) in [5.74, 6) is 0.774. The van der Waals surface area contributed by atoms with Crippen LogP contribution in [0.15, 0.2) is 36.7 Å². The fraction of sp³-hybridized carbons (Fsp3) is 0.448. The molecular weight excluding hydrogens is 496 g/mol. The molecular formula is C29H34N6O4. The molecule has 10 nitrogen and oxygen atoms in total. The van der Waals surface area contributed by atoms with Gasteiger partial charge in [0.25, 0.3) is 0 Å². The average molecular weight is 531 g/mol. The van der Waals surface area contributed by atoms with Gasteiger partial charge in [0.1, 0.15) is 29.0 Å². The molecule has 2 fully saturated rings. The maximum absolute atomic E-state index is 12.4. The van der Waals surface area contributed by atoms with E-state index in [4.69, 9.17) is 9.47 Å². The number of aromatic nitrogens is 2. The fourth-order valence-corrected chi connectivity index (χ4v) is 5.07. The van der Waals surface area contributed by atoms with Gasteiger partial charge >= 0.3 is 6.09 Å². The Kier molecular flexibility index (Phi) is 7.08. The monoisotopic (exact) mass is 530 g/mol. The topological polar surface area (TPSA) is 124 Å². The number of aromatic amines is 1.